The number of thiocarbonyl (C=S) groups is 1. The maximum atomic E-state index is 12.6. The molecule has 0 radical (unpaired) electrons. The standard InChI is InChI=1S/C15H12N2OS3/c1-17(10-4-2-3-9(7-10)14(16)19)15(18)13-8-12-11(21-13)5-6-20-12/h2-8H,1H3,(H2,16,19). The van der Waals surface area contributed by atoms with E-state index < -0.39 is 0 Å². The molecule has 3 aromatic rings. The third-order valence-electron chi connectivity index (χ3n) is 3.17. The van der Waals surface area contributed by atoms with Gasteiger partial charge < -0.3 is 10.6 Å². The molecule has 1 aromatic carbocycles. The van der Waals surface area contributed by atoms with E-state index in [1.807, 2.05) is 41.8 Å². The van der Waals surface area contributed by atoms with Crippen LogP contribution in [-0.2, 0) is 0 Å². The minimum Gasteiger partial charge on any atom is -0.389 e. The molecule has 0 saturated heterocycles. The summed E-state index contributed by atoms with van der Waals surface area (Å²) in [6, 6.07) is 11.4. The second kappa shape index (κ2) is 5.55. The smallest absolute Gasteiger partial charge is 0.268 e. The number of carbonyl (C=O) groups excluding carboxylic acids is 1. The van der Waals surface area contributed by atoms with Crippen molar-refractivity contribution in [2.45, 2.75) is 0 Å². The molecule has 6 heteroatoms. The average Bonchev–Trinajstić information content (AvgIpc) is 3.07. The lowest BCUT2D eigenvalue weighted by Crippen LogP contribution is -2.25. The van der Waals surface area contributed by atoms with Crippen molar-refractivity contribution in [1.29, 1.82) is 0 Å². The lowest BCUT2D eigenvalue weighted by Gasteiger charge is -2.17. The van der Waals surface area contributed by atoms with E-state index in [0.717, 1.165) is 25.5 Å². The van der Waals surface area contributed by atoms with Gasteiger partial charge in [-0.05, 0) is 29.6 Å². The highest BCUT2D eigenvalue weighted by Gasteiger charge is 2.17. The molecule has 0 saturated carbocycles. The van der Waals surface area contributed by atoms with Gasteiger partial charge in [0.1, 0.15) is 4.99 Å². The minimum absolute atomic E-state index is 0.0245. The van der Waals surface area contributed by atoms with Gasteiger partial charge in [0.05, 0.1) is 4.88 Å². The van der Waals surface area contributed by atoms with E-state index in [1.165, 1.54) is 11.3 Å². The fourth-order valence-electron chi connectivity index (χ4n) is 2.02. The van der Waals surface area contributed by atoms with Crippen molar-refractivity contribution in [2.24, 2.45) is 5.73 Å². The van der Waals surface area contributed by atoms with Crippen molar-refractivity contribution >= 4 is 60.9 Å². The molecule has 3 nitrogen and oxygen atoms in total. The summed E-state index contributed by atoms with van der Waals surface area (Å²) in [5.41, 5.74) is 7.18. The molecule has 0 fully saturated rings. The summed E-state index contributed by atoms with van der Waals surface area (Å²) in [4.78, 5) is 15.3. The highest BCUT2D eigenvalue weighted by Crippen LogP contribution is 2.31. The van der Waals surface area contributed by atoms with Gasteiger partial charge in [-0.1, -0.05) is 24.4 Å². The SMILES string of the molecule is CN(C(=O)c1cc2sccc2s1)c1cccc(C(N)=S)c1. The van der Waals surface area contributed by atoms with Crippen LogP contribution in [0.5, 0.6) is 0 Å². The topological polar surface area (TPSA) is 46.3 Å². The lowest BCUT2D eigenvalue weighted by atomic mass is 10.2. The molecule has 0 unspecified atom stereocenters. The molecule has 2 aromatic heterocycles. The second-order valence-electron chi connectivity index (χ2n) is 4.54. The maximum absolute atomic E-state index is 12.6. The number of nitrogens with two attached hydrogens (primary N) is 1. The number of hydrogen-bond acceptors (Lipinski definition) is 4. The minimum atomic E-state index is -0.0245. The van der Waals surface area contributed by atoms with Crippen LogP contribution in [0.3, 0.4) is 0 Å². The normalized spacial score (nSPS) is 10.7. The third-order valence-corrected chi connectivity index (χ3v) is 5.49. The van der Waals surface area contributed by atoms with Gasteiger partial charge in [-0.25, -0.2) is 0 Å². The Kier molecular flexibility index (Phi) is 3.75. The fourth-order valence-corrected chi connectivity index (χ4v) is 4.23. The van der Waals surface area contributed by atoms with Gasteiger partial charge in [0.25, 0.3) is 5.91 Å². The van der Waals surface area contributed by atoms with Crippen molar-refractivity contribution in [3.05, 3.63) is 52.2 Å². The van der Waals surface area contributed by atoms with Gasteiger partial charge in [-0.3, -0.25) is 4.79 Å². The Morgan fingerprint density at radius 2 is 2.05 bits per heavy atom. The lowest BCUT2D eigenvalue weighted by molar-refractivity contribution is 0.0997. The molecule has 0 aliphatic rings. The van der Waals surface area contributed by atoms with Gasteiger partial charge in [-0.15, -0.1) is 22.7 Å². The maximum Gasteiger partial charge on any atom is 0.268 e. The number of amides is 1. The number of benzene rings is 1. The number of nitrogens with zero attached hydrogens (tertiary/aromatic N) is 1. The van der Waals surface area contributed by atoms with Gasteiger partial charge in [-0.2, -0.15) is 0 Å². The van der Waals surface area contributed by atoms with Gasteiger partial charge in [0.15, 0.2) is 0 Å². The molecular weight excluding hydrogens is 320 g/mol. The first-order valence-corrected chi connectivity index (χ1v) is 8.31. The highest BCUT2D eigenvalue weighted by molar-refractivity contribution is 7.80. The highest BCUT2D eigenvalue weighted by atomic mass is 32.1. The zero-order valence-electron chi connectivity index (χ0n) is 11.2. The Morgan fingerprint density at radius 3 is 2.76 bits per heavy atom. The molecule has 0 spiro atoms. The Balaban J connectivity index is 1.92. The zero-order chi connectivity index (χ0) is 15.0. The van der Waals surface area contributed by atoms with E-state index in [0.29, 0.717) is 4.99 Å². The monoisotopic (exact) mass is 332 g/mol. The van der Waals surface area contributed by atoms with Gasteiger partial charge >= 0.3 is 0 Å². The quantitative estimate of drug-likeness (QED) is 0.741. The molecule has 0 atom stereocenters. The number of carbonyl (C=O) groups is 1. The molecule has 1 amide bonds. The van der Waals surface area contributed by atoms with Crippen LogP contribution in [0.1, 0.15) is 15.2 Å². The Morgan fingerprint density at radius 1 is 1.24 bits per heavy atom. The molecule has 3 rings (SSSR count). The fraction of sp³-hybridized carbons (Fsp3) is 0.0667. The van der Waals surface area contributed by atoms with Crippen LogP contribution in [-0.4, -0.2) is 17.9 Å². The largest absolute Gasteiger partial charge is 0.389 e. The molecule has 21 heavy (non-hydrogen) atoms. The number of anilines is 1. The van der Waals surface area contributed by atoms with Crippen molar-refractivity contribution in [3.63, 3.8) is 0 Å². The van der Waals surface area contributed by atoms with Gasteiger partial charge in [0, 0.05) is 27.7 Å². The van der Waals surface area contributed by atoms with E-state index >= 15 is 0 Å². The van der Waals surface area contributed by atoms with Crippen LogP contribution in [0.4, 0.5) is 5.69 Å². The van der Waals surface area contributed by atoms with Crippen LogP contribution in [0.2, 0.25) is 0 Å². The molecular formula is C15H12N2OS3. The molecule has 2 N–H and O–H groups in total. The first-order valence-electron chi connectivity index (χ1n) is 6.21. The number of hydrogen-bond donors (Lipinski definition) is 1. The van der Waals surface area contributed by atoms with Crippen LogP contribution in [0.15, 0.2) is 41.8 Å². The Bertz CT molecular complexity index is 806. The number of thiophene rings is 2. The second-order valence-corrected chi connectivity index (χ2v) is 7.01. The van der Waals surface area contributed by atoms with Crippen molar-refractivity contribution in [3.8, 4) is 0 Å². The molecule has 0 aliphatic heterocycles. The first kappa shape index (κ1) is 14.2. The summed E-state index contributed by atoms with van der Waals surface area (Å²) < 4.78 is 2.29. The summed E-state index contributed by atoms with van der Waals surface area (Å²) in [5, 5.41) is 2.03. The predicted molar refractivity (Wildman–Crippen MR) is 94.8 cm³/mol. The van der Waals surface area contributed by atoms with Crippen LogP contribution in [0, 0.1) is 0 Å². The van der Waals surface area contributed by atoms with E-state index in [2.05, 4.69) is 0 Å². The first-order chi connectivity index (χ1) is 10.1. The van der Waals surface area contributed by atoms with E-state index in [1.54, 1.807) is 23.3 Å². The molecule has 2 heterocycles. The zero-order valence-corrected chi connectivity index (χ0v) is 13.6. The van der Waals surface area contributed by atoms with Gasteiger partial charge in [0.2, 0.25) is 0 Å². The predicted octanol–water partition coefficient (Wildman–Crippen LogP) is 3.87. The van der Waals surface area contributed by atoms with E-state index in [4.69, 9.17) is 18.0 Å². The number of fused-ring (bicyclic) bond motifs is 1. The summed E-state index contributed by atoms with van der Waals surface area (Å²) in [7, 11) is 1.76. The summed E-state index contributed by atoms with van der Waals surface area (Å²) in [6.45, 7) is 0. The Labute approximate surface area is 135 Å². The summed E-state index contributed by atoms with van der Waals surface area (Å²) >= 11 is 8.14. The van der Waals surface area contributed by atoms with Crippen molar-refractivity contribution < 1.29 is 4.79 Å². The summed E-state index contributed by atoms with van der Waals surface area (Å²) in [5.74, 6) is -0.0245. The third kappa shape index (κ3) is 2.70. The van der Waals surface area contributed by atoms with Crippen LogP contribution < -0.4 is 10.6 Å². The van der Waals surface area contributed by atoms with Crippen molar-refractivity contribution in [2.75, 3.05) is 11.9 Å². The van der Waals surface area contributed by atoms with Crippen LogP contribution >= 0.6 is 34.9 Å². The number of rotatable bonds is 3. The molecule has 106 valence electrons. The molecule has 0 bridgehead atoms. The Hall–Kier alpha value is -1.76. The van der Waals surface area contributed by atoms with Crippen LogP contribution in [0.25, 0.3) is 9.40 Å². The average molecular weight is 332 g/mol. The van der Waals surface area contributed by atoms with E-state index in [-0.39, 0.29) is 5.91 Å². The van der Waals surface area contributed by atoms with Crippen molar-refractivity contribution in [1.82, 2.24) is 0 Å². The summed E-state index contributed by atoms with van der Waals surface area (Å²) in [6.07, 6.45) is 0. The van der Waals surface area contributed by atoms with E-state index in [9.17, 15) is 4.79 Å². The molecule has 0 aliphatic carbocycles.